The Morgan fingerprint density at radius 1 is 0.952 bits per heavy atom. The first-order chi connectivity index (χ1) is 9.23. The number of ether oxygens (including phenoxy) is 2. The summed E-state index contributed by atoms with van der Waals surface area (Å²) >= 11 is 0. The zero-order valence-corrected chi connectivity index (χ0v) is 13.7. The van der Waals surface area contributed by atoms with Gasteiger partial charge in [0, 0.05) is 6.54 Å². The van der Waals surface area contributed by atoms with Crippen LogP contribution in [0.1, 0.15) is 48.5 Å². The van der Waals surface area contributed by atoms with Crippen molar-refractivity contribution in [2.45, 2.75) is 59.7 Å². The van der Waals surface area contributed by atoms with E-state index in [9.17, 15) is 14.4 Å². The normalized spacial score (nSPS) is 13.3. The van der Waals surface area contributed by atoms with Gasteiger partial charge in [0.1, 0.15) is 11.2 Å². The molecule has 0 bridgehead atoms. The summed E-state index contributed by atoms with van der Waals surface area (Å²) in [6.45, 7) is 11.0. The monoisotopic (exact) mass is 303 g/mol. The van der Waals surface area contributed by atoms with Gasteiger partial charge in [-0.25, -0.2) is 14.5 Å². The smallest absolute Gasteiger partial charge is 0.419 e. The van der Waals surface area contributed by atoms with Crippen molar-refractivity contribution in [2.75, 3.05) is 6.54 Å². The third kappa shape index (κ3) is 8.16. The van der Waals surface area contributed by atoms with Crippen molar-refractivity contribution in [2.24, 2.45) is 5.92 Å². The molecule has 0 aromatic heterocycles. The van der Waals surface area contributed by atoms with Crippen LogP contribution in [0.25, 0.3) is 0 Å². The molecule has 2 amide bonds. The average molecular weight is 303 g/mol. The van der Waals surface area contributed by atoms with Gasteiger partial charge in [-0.15, -0.1) is 0 Å². The lowest BCUT2D eigenvalue weighted by Gasteiger charge is -2.29. The first-order valence-corrected chi connectivity index (χ1v) is 6.69. The second-order valence-corrected chi connectivity index (χ2v) is 6.81. The molecule has 0 radical (unpaired) electrons. The molecular weight excluding hydrogens is 278 g/mol. The van der Waals surface area contributed by atoms with Crippen LogP contribution in [0.2, 0.25) is 0 Å². The minimum Gasteiger partial charge on any atom is -0.481 e. The average Bonchev–Trinajstić information content (AvgIpc) is 2.19. The summed E-state index contributed by atoms with van der Waals surface area (Å²) in [5.41, 5.74) is -1.60. The number of nitrogens with zero attached hydrogens (tertiary/aromatic N) is 1. The molecule has 0 spiro atoms. The molecule has 0 aromatic carbocycles. The van der Waals surface area contributed by atoms with E-state index in [1.54, 1.807) is 41.5 Å². The fourth-order valence-corrected chi connectivity index (χ4v) is 1.21. The van der Waals surface area contributed by atoms with Gasteiger partial charge in [-0.2, -0.15) is 0 Å². The van der Waals surface area contributed by atoms with E-state index in [1.165, 1.54) is 6.92 Å². The van der Waals surface area contributed by atoms with Crippen LogP contribution < -0.4 is 0 Å². The van der Waals surface area contributed by atoms with E-state index < -0.39 is 35.3 Å². The first-order valence-electron chi connectivity index (χ1n) is 6.69. The highest BCUT2D eigenvalue weighted by molar-refractivity contribution is 5.88. The maximum absolute atomic E-state index is 12.1. The minimum atomic E-state index is -1.12. The van der Waals surface area contributed by atoms with Crippen molar-refractivity contribution < 1.29 is 29.0 Å². The molecule has 0 rings (SSSR count). The molecule has 21 heavy (non-hydrogen) atoms. The van der Waals surface area contributed by atoms with E-state index in [0.29, 0.717) is 4.90 Å². The van der Waals surface area contributed by atoms with Gasteiger partial charge in [-0.1, -0.05) is 6.92 Å². The molecule has 0 fully saturated rings. The Morgan fingerprint density at radius 3 is 1.52 bits per heavy atom. The van der Waals surface area contributed by atoms with E-state index in [-0.39, 0.29) is 6.54 Å². The Hall–Kier alpha value is -1.79. The molecule has 0 heterocycles. The molecule has 0 saturated heterocycles. The lowest BCUT2D eigenvalue weighted by atomic mass is 10.1. The lowest BCUT2D eigenvalue weighted by molar-refractivity contribution is -0.141. The highest BCUT2D eigenvalue weighted by Crippen LogP contribution is 2.15. The molecule has 1 N–H and O–H groups in total. The number of aliphatic carboxylic acids is 1. The van der Waals surface area contributed by atoms with Crippen molar-refractivity contribution in [3.05, 3.63) is 0 Å². The second kappa shape index (κ2) is 6.78. The Bertz CT molecular complexity index is 377. The Kier molecular flexibility index (Phi) is 6.20. The molecule has 122 valence electrons. The van der Waals surface area contributed by atoms with Crippen LogP contribution in [0.15, 0.2) is 0 Å². The Morgan fingerprint density at radius 2 is 1.29 bits per heavy atom. The molecule has 0 saturated carbocycles. The fraction of sp³-hybridized carbons (Fsp3) is 0.786. The summed E-state index contributed by atoms with van der Waals surface area (Å²) in [4.78, 5) is 35.7. The summed E-state index contributed by atoms with van der Waals surface area (Å²) < 4.78 is 10.2. The van der Waals surface area contributed by atoms with Gasteiger partial charge < -0.3 is 14.6 Å². The predicted molar refractivity (Wildman–Crippen MR) is 76.0 cm³/mol. The molecule has 0 aliphatic carbocycles. The summed E-state index contributed by atoms with van der Waals surface area (Å²) in [6, 6.07) is 0. The Balaban J connectivity index is 5.13. The number of rotatable bonds is 3. The Labute approximate surface area is 125 Å². The third-order valence-corrected chi connectivity index (χ3v) is 2.11. The molecule has 0 aliphatic rings. The summed E-state index contributed by atoms with van der Waals surface area (Å²) in [6.07, 6.45) is -1.85. The maximum atomic E-state index is 12.1. The van der Waals surface area contributed by atoms with Gasteiger partial charge in [0.05, 0.1) is 5.92 Å². The van der Waals surface area contributed by atoms with Gasteiger partial charge in [0.15, 0.2) is 0 Å². The van der Waals surface area contributed by atoms with E-state index >= 15 is 0 Å². The number of hydrogen-bond donors (Lipinski definition) is 1. The largest absolute Gasteiger partial charge is 0.481 e. The van der Waals surface area contributed by atoms with Crippen molar-refractivity contribution in [3.8, 4) is 0 Å². The number of hydrogen-bond acceptors (Lipinski definition) is 5. The molecular formula is C14H25NO6. The van der Waals surface area contributed by atoms with E-state index in [1.807, 2.05) is 0 Å². The molecule has 1 atom stereocenters. The van der Waals surface area contributed by atoms with Crippen molar-refractivity contribution in [3.63, 3.8) is 0 Å². The zero-order chi connectivity index (χ0) is 17.0. The molecule has 0 aliphatic heterocycles. The number of carboxylic acids is 1. The summed E-state index contributed by atoms with van der Waals surface area (Å²) in [7, 11) is 0. The third-order valence-electron chi connectivity index (χ3n) is 2.11. The molecule has 0 aromatic rings. The number of carbonyl (C=O) groups excluding carboxylic acids is 2. The van der Waals surface area contributed by atoms with Crippen LogP contribution in [0.4, 0.5) is 9.59 Å². The number of imide groups is 1. The zero-order valence-electron chi connectivity index (χ0n) is 13.7. The van der Waals surface area contributed by atoms with E-state index in [0.717, 1.165) is 0 Å². The number of carbonyl (C=O) groups is 3. The van der Waals surface area contributed by atoms with Crippen molar-refractivity contribution >= 4 is 18.2 Å². The van der Waals surface area contributed by atoms with Crippen LogP contribution in [0.5, 0.6) is 0 Å². The van der Waals surface area contributed by atoms with E-state index in [2.05, 4.69) is 0 Å². The number of carboxylic acid groups (broad SMARTS) is 1. The van der Waals surface area contributed by atoms with Crippen LogP contribution in [0, 0.1) is 5.92 Å². The maximum Gasteiger partial charge on any atom is 0.419 e. The summed E-state index contributed by atoms with van der Waals surface area (Å²) in [5.74, 6) is -2.04. The topological polar surface area (TPSA) is 93.1 Å². The molecule has 7 heteroatoms. The molecule has 7 nitrogen and oxygen atoms in total. The highest BCUT2D eigenvalue weighted by atomic mass is 16.6. The van der Waals surface area contributed by atoms with Crippen LogP contribution >= 0.6 is 0 Å². The van der Waals surface area contributed by atoms with Crippen LogP contribution in [-0.4, -0.2) is 45.9 Å². The van der Waals surface area contributed by atoms with Gasteiger partial charge >= 0.3 is 18.2 Å². The standard InChI is InChI=1S/C14H25NO6/c1-9(10(16)17)8-15(11(18)20-13(2,3)4)12(19)21-14(5,6)7/h9H,8H2,1-7H3,(H,16,17)/t9-/m0/s1. The van der Waals surface area contributed by atoms with Crippen LogP contribution in [0.3, 0.4) is 0 Å². The van der Waals surface area contributed by atoms with Crippen molar-refractivity contribution in [1.82, 2.24) is 4.90 Å². The second-order valence-electron chi connectivity index (χ2n) is 6.81. The van der Waals surface area contributed by atoms with E-state index in [4.69, 9.17) is 14.6 Å². The van der Waals surface area contributed by atoms with Gasteiger partial charge in [0.25, 0.3) is 0 Å². The van der Waals surface area contributed by atoms with Gasteiger partial charge in [-0.05, 0) is 41.5 Å². The predicted octanol–water partition coefficient (Wildman–Crippen LogP) is 2.88. The highest BCUT2D eigenvalue weighted by Gasteiger charge is 2.33. The van der Waals surface area contributed by atoms with Gasteiger partial charge in [-0.3, -0.25) is 4.79 Å². The fourth-order valence-electron chi connectivity index (χ4n) is 1.21. The molecule has 0 unspecified atom stereocenters. The first kappa shape index (κ1) is 19.2. The summed E-state index contributed by atoms with van der Waals surface area (Å²) in [5, 5.41) is 8.93. The number of amides is 2. The van der Waals surface area contributed by atoms with Crippen LogP contribution in [-0.2, 0) is 14.3 Å². The van der Waals surface area contributed by atoms with Gasteiger partial charge in [0.2, 0.25) is 0 Å². The quantitative estimate of drug-likeness (QED) is 0.861. The van der Waals surface area contributed by atoms with Crippen molar-refractivity contribution in [1.29, 1.82) is 0 Å². The minimum absolute atomic E-state index is 0.320. The lowest BCUT2D eigenvalue weighted by Crippen LogP contribution is -2.46. The SMILES string of the molecule is C[C@@H](CN(C(=O)OC(C)(C)C)C(=O)OC(C)(C)C)C(=O)O.